The number of pyridine rings is 1. The third-order valence-electron chi connectivity index (χ3n) is 2.18. The molecule has 0 spiro atoms. The van der Waals surface area contributed by atoms with Crippen LogP contribution in [0.5, 0.6) is 0 Å². The van der Waals surface area contributed by atoms with Gasteiger partial charge in [0.05, 0.1) is 23.0 Å². The number of aromatic nitrogens is 1. The summed E-state index contributed by atoms with van der Waals surface area (Å²) in [6, 6.07) is 3.92. The fourth-order valence-electron chi connectivity index (χ4n) is 1.43. The monoisotopic (exact) mass is 195 g/mol. The molecule has 4 heteroatoms. The van der Waals surface area contributed by atoms with Gasteiger partial charge in [-0.15, -0.1) is 11.8 Å². The molecule has 2 N–H and O–H groups in total. The molecule has 1 fully saturated rings. The fraction of sp³-hybridized carbons (Fsp3) is 0.444. The Hall–Kier alpha value is -0.740. The Balaban J connectivity index is 2.20. The molecule has 0 amide bonds. The maximum absolute atomic E-state index is 5.58. The average Bonchev–Trinajstić information content (AvgIpc) is 2.53. The molecule has 1 saturated heterocycles. The zero-order valence-electron chi connectivity index (χ0n) is 7.60. The number of nitrogen functional groups attached to an aromatic ring is 1. The van der Waals surface area contributed by atoms with Gasteiger partial charge >= 0.3 is 0 Å². The molecule has 1 unspecified atom stereocenters. The molecule has 0 aromatic carbocycles. The molecule has 13 heavy (non-hydrogen) atoms. The number of thioether (sulfide) groups is 1. The normalized spacial score (nSPS) is 23.6. The molecular formula is C9H13N3S. The van der Waals surface area contributed by atoms with Crippen LogP contribution in [-0.4, -0.2) is 29.2 Å². The number of nitrogens with two attached hydrogens (primary N) is 1. The van der Waals surface area contributed by atoms with Gasteiger partial charge in [0.25, 0.3) is 0 Å². The van der Waals surface area contributed by atoms with Gasteiger partial charge in [0.2, 0.25) is 0 Å². The van der Waals surface area contributed by atoms with Crippen LogP contribution in [0.2, 0.25) is 0 Å². The lowest BCUT2D eigenvalue weighted by molar-refractivity contribution is 0.354. The summed E-state index contributed by atoms with van der Waals surface area (Å²) < 4.78 is 0. The molecule has 0 bridgehead atoms. The lowest BCUT2D eigenvalue weighted by Gasteiger charge is -2.17. The lowest BCUT2D eigenvalue weighted by atomic mass is 10.3. The number of nitrogens with zero attached hydrogens (tertiary/aromatic N) is 2. The van der Waals surface area contributed by atoms with Gasteiger partial charge in [-0.25, -0.2) is 0 Å². The van der Waals surface area contributed by atoms with Crippen LogP contribution < -0.4 is 5.73 Å². The maximum atomic E-state index is 5.58. The van der Waals surface area contributed by atoms with E-state index >= 15 is 0 Å². The SMILES string of the molecule is CN1CCSC1c1ccc(N)cn1. The van der Waals surface area contributed by atoms with Gasteiger partial charge in [0, 0.05) is 12.3 Å². The van der Waals surface area contributed by atoms with Crippen LogP contribution in [0, 0.1) is 0 Å². The Bertz CT molecular complexity index is 285. The molecule has 0 aliphatic carbocycles. The van der Waals surface area contributed by atoms with Crippen molar-refractivity contribution >= 4 is 17.4 Å². The standard InChI is InChI=1S/C9H13N3S/c1-12-4-5-13-9(12)8-3-2-7(10)6-11-8/h2-3,6,9H,4-5,10H2,1H3. The highest BCUT2D eigenvalue weighted by Gasteiger charge is 2.23. The highest BCUT2D eigenvalue weighted by atomic mass is 32.2. The first-order chi connectivity index (χ1) is 6.27. The van der Waals surface area contributed by atoms with Crippen LogP contribution in [0.3, 0.4) is 0 Å². The molecule has 70 valence electrons. The van der Waals surface area contributed by atoms with Crippen LogP contribution in [0.4, 0.5) is 5.69 Å². The van der Waals surface area contributed by atoms with Crippen molar-refractivity contribution in [2.45, 2.75) is 5.37 Å². The molecular weight excluding hydrogens is 182 g/mol. The minimum atomic E-state index is 0.417. The second-order valence-electron chi connectivity index (χ2n) is 3.22. The molecule has 0 radical (unpaired) electrons. The minimum absolute atomic E-state index is 0.417. The molecule has 3 nitrogen and oxygen atoms in total. The predicted octanol–water partition coefficient (Wildman–Crippen LogP) is 1.34. The third kappa shape index (κ3) is 1.78. The van der Waals surface area contributed by atoms with E-state index < -0.39 is 0 Å². The number of anilines is 1. The highest BCUT2D eigenvalue weighted by Crippen LogP contribution is 2.35. The van der Waals surface area contributed by atoms with Gasteiger partial charge in [-0.1, -0.05) is 0 Å². The Morgan fingerprint density at radius 3 is 3.00 bits per heavy atom. The predicted molar refractivity (Wildman–Crippen MR) is 56.5 cm³/mol. The lowest BCUT2D eigenvalue weighted by Crippen LogP contribution is -2.17. The van der Waals surface area contributed by atoms with E-state index in [1.807, 2.05) is 23.9 Å². The van der Waals surface area contributed by atoms with Crippen molar-refractivity contribution in [3.05, 3.63) is 24.0 Å². The number of hydrogen-bond donors (Lipinski definition) is 1. The van der Waals surface area contributed by atoms with E-state index in [0.717, 1.165) is 17.9 Å². The van der Waals surface area contributed by atoms with Crippen molar-refractivity contribution in [3.8, 4) is 0 Å². The summed E-state index contributed by atoms with van der Waals surface area (Å²) >= 11 is 1.93. The molecule has 0 saturated carbocycles. The third-order valence-corrected chi connectivity index (χ3v) is 3.52. The van der Waals surface area contributed by atoms with Crippen molar-refractivity contribution < 1.29 is 0 Å². The summed E-state index contributed by atoms with van der Waals surface area (Å²) in [5.74, 6) is 1.19. The van der Waals surface area contributed by atoms with Crippen LogP contribution in [-0.2, 0) is 0 Å². The zero-order valence-corrected chi connectivity index (χ0v) is 8.42. The molecule has 1 aliphatic heterocycles. The first kappa shape index (κ1) is 8.84. The van der Waals surface area contributed by atoms with Gasteiger partial charge < -0.3 is 5.73 Å². The van der Waals surface area contributed by atoms with E-state index in [1.165, 1.54) is 5.75 Å². The van der Waals surface area contributed by atoms with Crippen molar-refractivity contribution in [2.24, 2.45) is 0 Å². The largest absolute Gasteiger partial charge is 0.397 e. The molecule has 1 aromatic rings. The van der Waals surface area contributed by atoms with Gasteiger partial charge in [-0.3, -0.25) is 9.88 Å². The summed E-state index contributed by atoms with van der Waals surface area (Å²) in [7, 11) is 2.13. The summed E-state index contributed by atoms with van der Waals surface area (Å²) in [6.07, 6.45) is 1.72. The Labute approximate surface area is 82.3 Å². The molecule has 1 aliphatic rings. The molecule has 1 aromatic heterocycles. The van der Waals surface area contributed by atoms with Crippen molar-refractivity contribution in [1.29, 1.82) is 0 Å². The summed E-state index contributed by atoms with van der Waals surface area (Å²) in [5, 5.41) is 0.417. The Morgan fingerprint density at radius 2 is 2.46 bits per heavy atom. The Kier molecular flexibility index (Phi) is 2.42. The van der Waals surface area contributed by atoms with E-state index in [2.05, 4.69) is 16.9 Å². The quantitative estimate of drug-likeness (QED) is 0.734. The summed E-state index contributed by atoms with van der Waals surface area (Å²) in [4.78, 5) is 6.63. The highest BCUT2D eigenvalue weighted by molar-refractivity contribution is 7.99. The van der Waals surface area contributed by atoms with E-state index in [4.69, 9.17) is 5.73 Å². The van der Waals surface area contributed by atoms with Crippen molar-refractivity contribution in [1.82, 2.24) is 9.88 Å². The van der Waals surface area contributed by atoms with Crippen LogP contribution in [0.25, 0.3) is 0 Å². The van der Waals surface area contributed by atoms with Gasteiger partial charge in [-0.2, -0.15) is 0 Å². The minimum Gasteiger partial charge on any atom is -0.397 e. The first-order valence-electron chi connectivity index (χ1n) is 4.30. The second kappa shape index (κ2) is 3.55. The van der Waals surface area contributed by atoms with Gasteiger partial charge in [-0.05, 0) is 19.2 Å². The summed E-state index contributed by atoms with van der Waals surface area (Å²) in [6.45, 7) is 1.14. The van der Waals surface area contributed by atoms with Crippen LogP contribution in [0.1, 0.15) is 11.1 Å². The first-order valence-corrected chi connectivity index (χ1v) is 5.35. The zero-order chi connectivity index (χ0) is 9.26. The Morgan fingerprint density at radius 1 is 1.62 bits per heavy atom. The van der Waals surface area contributed by atoms with E-state index in [-0.39, 0.29) is 0 Å². The molecule has 2 rings (SSSR count). The van der Waals surface area contributed by atoms with E-state index in [0.29, 0.717) is 5.37 Å². The fourth-order valence-corrected chi connectivity index (χ4v) is 2.71. The smallest absolute Gasteiger partial charge is 0.0985 e. The van der Waals surface area contributed by atoms with E-state index in [9.17, 15) is 0 Å². The van der Waals surface area contributed by atoms with Crippen LogP contribution >= 0.6 is 11.8 Å². The van der Waals surface area contributed by atoms with Gasteiger partial charge in [0.1, 0.15) is 0 Å². The molecule has 2 heterocycles. The van der Waals surface area contributed by atoms with Gasteiger partial charge in [0.15, 0.2) is 0 Å². The average molecular weight is 195 g/mol. The van der Waals surface area contributed by atoms with E-state index in [1.54, 1.807) is 6.20 Å². The number of rotatable bonds is 1. The summed E-state index contributed by atoms with van der Waals surface area (Å²) in [5.41, 5.74) is 7.42. The topological polar surface area (TPSA) is 42.1 Å². The number of hydrogen-bond acceptors (Lipinski definition) is 4. The van der Waals surface area contributed by atoms with Crippen molar-refractivity contribution in [3.63, 3.8) is 0 Å². The maximum Gasteiger partial charge on any atom is 0.0985 e. The van der Waals surface area contributed by atoms with Crippen molar-refractivity contribution in [2.75, 3.05) is 25.1 Å². The molecule has 1 atom stereocenters. The van der Waals surface area contributed by atoms with Crippen LogP contribution in [0.15, 0.2) is 18.3 Å². The second-order valence-corrected chi connectivity index (χ2v) is 4.41.